The van der Waals surface area contributed by atoms with Gasteiger partial charge in [-0.3, -0.25) is 0 Å². The van der Waals surface area contributed by atoms with Crippen LogP contribution in [0.25, 0.3) is 0 Å². The van der Waals surface area contributed by atoms with Crippen LogP contribution >= 0.6 is 0 Å². The summed E-state index contributed by atoms with van der Waals surface area (Å²) in [4.78, 5) is 25.5. The fourth-order valence-electron chi connectivity index (χ4n) is 0.0962. The Morgan fingerprint density at radius 1 is 1.05 bits per heavy atom. The molecule has 0 heterocycles. The van der Waals surface area contributed by atoms with Crippen LogP contribution < -0.4 is 93.8 Å². The predicted molar refractivity (Wildman–Crippen MR) is 62.5 cm³/mol. The second kappa shape index (κ2) is 49.5. The summed E-state index contributed by atoms with van der Waals surface area (Å²) in [5, 5.41) is 17.6. The molecule has 0 saturated heterocycles. The van der Waals surface area contributed by atoms with E-state index in [0.717, 1.165) is 0 Å². The van der Waals surface area contributed by atoms with Gasteiger partial charge in [0.2, 0.25) is 0 Å². The zero-order valence-electron chi connectivity index (χ0n) is 15.7. The van der Waals surface area contributed by atoms with Gasteiger partial charge in [-0.2, -0.15) is 9.59 Å². The summed E-state index contributed by atoms with van der Waals surface area (Å²) < 4.78 is 4.24. The van der Waals surface area contributed by atoms with Gasteiger partial charge in [-0.15, -0.1) is 6.10 Å². The fourth-order valence-corrected chi connectivity index (χ4v) is 0.0962. The Balaban J connectivity index is -0.0000000139. The molecule has 0 aromatic rings. The summed E-state index contributed by atoms with van der Waals surface area (Å²) in [7, 11) is 0. The first-order valence-electron chi connectivity index (χ1n) is 5.01. The molecule has 0 aromatic carbocycles. The van der Waals surface area contributed by atoms with Gasteiger partial charge in [-0.25, -0.2) is 0 Å². The van der Waals surface area contributed by atoms with Crippen LogP contribution in [0.15, 0.2) is 0 Å². The molecule has 0 aliphatic rings. The molecule has 0 spiro atoms. The molecular formula is C11H24Na3O7-. The summed E-state index contributed by atoms with van der Waals surface area (Å²) in [6.45, 7) is 11.5. The molecule has 0 fully saturated rings. The summed E-state index contributed by atoms with van der Waals surface area (Å²) in [5.74, 6) is 0. The Labute approximate surface area is 195 Å². The van der Waals surface area contributed by atoms with E-state index in [1.807, 2.05) is 0 Å². The number of rotatable bonds is 2. The second-order valence-electron chi connectivity index (χ2n) is 3.48. The molecule has 21 heavy (non-hydrogen) atoms. The first-order chi connectivity index (χ1) is 7.65. The summed E-state index contributed by atoms with van der Waals surface area (Å²) in [5.41, 5.74) is 0. The topological polar surface area (TPSA) is 134 Å². The van der Waals surface area contributed by atoms with Gasteiger partial charge in [0.25, 0.3) is 0 Å². The first-order valence-corrected chi connectivity index (χ1v) is 5.01. The Kier molecular flexibility index (Phi) is 117. The normalized spacial score (nSPS) is 6.24. The molecule has 0 rings (SSSR count). The van der Waals surface area contributed by atoms with Crippen LogP contribution in [0.5, 0.6) is 0 Å². The third kappa shape index (κ3) is 378. The van der Waals surface area contributed by atoms with Gasteiger partial charge in [0, 0.05) is 6.10 Å². The molecule has 0 radical (unpaired) electrons. The van der Waals surface area contributed by atoms with Crippen molar-refractivity contribution in [2.45, 2.75) is 59.9 Å². The molecule has 0 atom stereocenters. The van der Waals surface area contributed by atoms with Crippen LogP contribution in [0.1, 0.15) is 43.0 Å². The van der Waals surface area contributed by atoms with Crippen LogP contribution in [0.3, 0.4) is 0 Å². The maximum absolute atomic E-state index is 9.53. The monoisotopic (exact) mass is 337 g/mol. The minimum atomic E-state index is -0.417. The van der Waals surface area contributed by atoms with Crippen molar-refractivity contribution < 1.29 is 125 Å². The van der Waals surface area contributed by atoms with E-state index in [1.54, 1.807) is 41.5 Å². The van der Waals surface area contributed by atoms with Crippen molar-refractivity contribution >= 4 is 12.6 Å². The van der Waals surface area contributed by atoms with Crippen molar-refractivity contribution in [3.63, 3.8) is 0 Å². The molecule has 0 aliphatic heterocycles. The average molecular weight is 337 g/mol. The fraction of sp³-hybridized carbons (Fsp3) is 0.818. The predicted octanol–water partition coefficient (Wildman–Crippen LogP) is -9.02. The molecule has 10 heteroatoms. The van der Waals surface area contributed by atoms with Crippen molar-refractivity contribution in [3.05, 3.63) is 0 Å². The van der Waals surface area contributed by atoms with E-state index in [9.17, 15) is 9.90 Å². The number of carbonyl (C=O) groups excluding carboxylic acids is 3. The van der Waals surface area contributed by atoms with Crippen LogP contribution in [-0.4, -0.2) is 41.5 Å². The Bertz CT molecular complexity index is 168. The molecule has 7 nitrogen and oxygen atoms in total. The van der Waals surface area contributed by atoms with Gasteiger partial charge in [-0.1, -0.05) is 20.3 Å². The van der Waals surface area contributed by atoms with Gasteiger partial charge >= 0.3 is 94.8 Å². The van der Waals surface area contributed by atoms with Gasteiger partial charge in [0.15, 0.2) is 0 Å². The van der Waals surface area contributed by atoms with Gasteiger partial charge in [0.05, 0.1) is 6.10 Å². The van der Waals surface area contributed by atoms with Crippen LogP contribution in [0.4, 0.5) is 0 Å². The minimum Gasteiger partial charge on any atom is -1.00 e. The SMILES string of the molecule is CC(C)O.CC(C)O[C-]=O.CC(C)[O-].O=C=O.[H-].[Na+].[Na+].[Na+].[OH-]. The zero-order chi connectivity index (χ0) is 14.9. The van der Waals surface area contributed by atoms with Crippen LogP contribution in [0, 0.1) is 0 Å². The van der Waals surface area contributed by atoms with Crippen LogP contribution in [-0.2, 0) is 19.1 Å². The Morgan fingerprint density at radius 3 is 1.19 bits per heavy atom. The van der Waals surface area contributed by atoms with Gasteiger partial charge in [0.1, 0.15) is 0 Å². The second-order valence-corrected chi connectivity index (χ2v) is 3.48. The molecule has 0 aromatic heterocycles. The molecule has 0 saturated carbocycles. The largest absolute Gasteiger partial charge is 1.00 e. The molecule has 0 bridgehead atoms. The maximum Gasteiger partial charge on any atom is 1.00 e. The van der Waals surface area contributed by atoms with Crippen molar-refractivity contribution in [1.29, 1.82) is 0 Å². The summed E-state index contributed by atoms with van der Waals surface area (Å²) >= 11 is 0. The standard InChI is InChI=1S/C4H7O2.C3H8O.C3H7O.CO2.3Na.H2O.H/c1-4(2)6-3-5;2*1-3(2)4;2-1-3;;;;;/h4H,1-2H3;3-4H,1-2H3;3H,1-2H3;;;;;1H2;/q-1;;-1;;3*+1;;-1/p-1. The van der Waals surface area contributed by atoms with Crippen molar-refractivity contribution in [2.75, 3.05) is 0 Å². The third-order valence-corrected chi connectivity index (χ3v) is 0.284. The Morgan fingerprint density at radius 2 is 1.19 bits per heavy atom. The molecule has 0 unspecified atom stereocenters. The van der Waals surface area contributed by atoms with E-state index in [0.29, 0.717) is 0 Å². The van der Waals surface area contributed by atoms with E-state index in [-0.39, 0.29) is 114 Å². The van der Waals surface area contributed by atoms with E-state index in [1.165, 1.54) is 6.47 Å². The van der Waals surface area contributed by atoms with Gasteiger partial charge in [-0.05, 0) is 27.7 Å². The molecule has 0 aliphatic carbocycles. The number of hydrogen-bond donors (Lipinski definition) is 1. The summed E-state index contributed by atoms with van der Waals surface area (Å²) in [6.07, 6.45) is -0.359. The Hall–Kier alpha value is 1.73. The minimum absolute atomic E-state index is 0. The van der Waals surface area contributed by atoms with E-state index in [2.05, 4.69) is 4.74 Å². The van der Waals surface area contributed by atoms with Gasteiger partial charge < -0.3 is 26.6 Å². The van der Waals surface area contributed by atoms with Crippen LogP contribution in [0.2, 0.25) is 0 Å². The van der Waals surface area contributed by atoms with Crippen molar-refractivity contribution in [3.8, 4) is 0 Å². The quantitative estimate of drug-likeness (QED) is 0.391. The number of hydrogen-bond acceptors (Lipinski definition) is 7. The number of aliphatic hydroxyl groups is 1. The third-order valence-electron chi connectivity index (χ3n) is 0.284. The van der Waals surface area contributed by atoms with Crippen molar-refractivity contribution in [2.24, 2.45) is 0 Å². The van der Waals surface area contributed by atoms with Crippen molar-refractivity contribution in [1.82, 2.24) is 0 Å². The summed E-state index contributed by atoms with van der Waals surface area (Å²) in [6, 6.07) is 0. The molecule has 114 valence electrons. The van der Waals surface area contributed by atoms with E-state index in [4.69, 9.17) is 14.7 Å². The number of aliphatic hydroxyl groups excluding tert-OH is 1. The molecule has 2 N–H and O–H groups in total. The average Bonchev–Trinajstić information content (AvgIpc) is 2.01. The smallest absolute Gasteiger partial charge is 1.00 e. The van der Waals surface area contributed by atoms with E-state index >= 15 is 0 Å². The van der Waals surface area contributed by atoms with E-state index < -0.39 is 6.10 Å². The number of ether oxygens (including phenoxy) is 1. The first kappa shape index (κ1) is 49.5. The maximum atomic E-state index is 9.53. The molecular weight excluding hydrogens is 313 g/mol. The zero-order valence-corrected chi connectivity index (χ0v) is 20.7. The molecule has 0 amide bonds.